The first-order chi connectivity index (χ1) is 8.05. The van der Waals surface area contributed by atoms with E-state index in [0.29, 0.717) is 17.9 Å². The summed E-state index contributed by atoms with van der Waals surface area (Å²) in [5.41, 5.74) is 0.441. The second kappa shape index (κ2) is 5.38. The van der Waals surface area contributed by atoms with Crippen LogP contribution in [0.4, 0.5) is 0 Å². The lowest BCUT2D eigenvalue weighted by Gasteiger charge is -2.33. The van der Waals surface area contributed by atoms with Crippen LogP contribution in [-0.4, -0.2) is 24.7 Å². The molecule has 0 bridgehead atoms. The van der Waals surface area contributed by atoms with Gasteiger partial charge in [0, 0.05) is 12.6 Å². The predicted octanol–water partition coefficient (Wildman–Crippen LogP) is 2.64. The molecule has 3 nitrogen and oxygen atoms in total. The number of rotatable bonds is 5. The van der Waals surface area contributed by atoms with Crippen molar-refractivity contribution in [3.63, 3.8) is 0 Å². The van der Waals surface area contributed by atoms with Gasteiger partial charge >= 0.3 is 5.97 Å². The Morgan fingerprint density at radius 1 is 1.24 bits per heavy atom. The molecule has 0 aromatic rings. The Morgan fingerprint density at radius 2 is 1.88 bits per heavy atom. The van der Waals surface area contributed by atoms with E-state index in [1.807, 2.05) is 0 Å². The van der Waals surface area contributed by atoms with Gasteiger partial charge in [-0.1, -0.05) is 13.8 Å². The lowest BCUT2D eigenvalue weighted by Crippen LogP contribution is -2.29. The highest BCUT2D eigenvalue weighted by Crippen LogP contribution is 2.36. The van der Waals surface area contributed by atoms with Crippen molar-refractivity contribution >= 4 is 5.97 Å². The largest absolute Gasteiger partial charge is 0.462 e. The van der Waals surface area contributed by atoms with Crippen LogP contribution in [0.1, 0.15) is 58.8 Å². The molecule has 3 heteroatoms. The topological polar surface area (TPSA) is 38.3 Å². The van der Waals surface area contributed by atoms with Crippen LogP contribution in [0.2, 0.25) is 0 Å². The zero-order valence-electron chi connectivity index (χ0n) is 11.1. The molecule has 0 saturated heterocycles. The van der Waals surface area contributed by atoms with E-state index in [1.54, 1.807) is 0 Å². The van der Waals surface area contributed by atoms with Crippen molar-refractivity contribution in [2.75, 3.05) is 6.54 Å². The van der Waals surface area contributed by atoms with E-state index < -0.39 is 0 Å². The second-order valence-corrected chi connectivity index (χ2v) is 6.33. The first-order valence-electron chi connectivity index (χ1n) is 6.98. The average Bonchev–Trinajstić information content (AvgIpc) is 3.05. The maximum atomic E-state index is 11.6. The summed E-state index contributed by atoms with van der Waals surface area (Å²) in [6.45, 7) is 5.37. The Morgan fingerprint density at radius 3 is 2.47 bits per heavy atom. The van der Waals surface area contributed by atoms with Crippen LogP contribution in [-0.2, 0) is 9.53 Å². The van der Waals surface area contributed by atoms with Gasteiger partial charge in [-0.05, 0) is 43.9 Å². The smallest absolute Gasteiger partial charge is 0.307 e. The van der Waals surface area contributed by atoms with Gasteiger partial charge in [0.05, 0.1) is 6.42 Å². The third kappa shape index (κ3) is 4.66. The number of esters is 1. The normalized spacial score (nSPS) is 24.6. The van der Waals surface area contributed by atoms with Crippen molar-refractivity contribution in [1.29, 1.82) is 0 Å². The highest BCUT2D eigenvalue weighted by molar-refractivity contribution is 5.69. The molecule has 0 unspecified atom stereocenters. The Labute approximate surface area is 104 Å². The summed E-state index contributed by atoms with van der Waals surface area (Å²) in [5.74, 6) is -0.0251. The Hall–Kier alpha value is -0.570. The number of carbonyl (C=O) groups is 1. The molecule has 0 radical (unpaired) electrons. The fourth-order valence-corrected chi connectivity index (χ4v) is 2.40. The lowest BCUT2D eigenvalue weighted by atomic mass is 9.76. The summed E-state index contributed by atoms with van der Waals surface area (Å²) in [6.07, 6.45) is 7.66. The van der Waals surface area contributed by atoms with Gasteiger partial charge in [-0.15, -0.1) is 0 Å². The summed E-state index contributed by atoms with van der Waals surface area (Å²) in [5, 5.41) is 3.34. The van der Waals surface area contributed by atoms with Crippen molar-refractivity contribution in [3.05, 3.63) is 0 Å². The predicted molar refractivity (Wildman–Crippen MR) is 67.8 cm³/mol. The number of hydrogen-bond acceptors (Lipinski definition) is 3. The van der Waals surface area contributed by atoms with Gasteiger partial charge in [0.2, 0.25) is 0 Å². The molecule has 0 amide bonds. The molecule has 0 spiro atoms. The zero-order valence-corrected chi connectivity index (χ0v) is 11.1. The van der Waals surface area contributed by atoms with E-state index in [1.165, 1.54) is 25.7 Å². The molecular formula is C14H25NO2. The molecular weight excluding hydrogens is 214 g/mol. The molecule has 0 aromatic heterocycles. The molecule has 0 heterocycles. The minimum atomic E-state index is -0.0251. The lowest BCUT2D eigenvalue weighted by molar-refractivity contribution is -0.151. The monoisotopic (exact) mass is 239 g/mol. The van der Waals surface area contributed by atoms with Crippen molar-refractivity contribution < 1.29 is 9.53 Å². The number of hydrogen-bond donors (Lipinski definition) is 1. The third-order valence-electron chi connectivity index (χ3n) is 3.92. The van der Waals surface area contributed by atoms with Gasteiger partial charge in [0.25, 0.3) is 0 Å². The summed E-state index contributed by atoms with van der Waals surface area (Å²) in [4.78, 5) is 11.6. The molecule has 0 atom stereocenters. The summed E-state index contributed by atoms with van der Waals surface area (Å²) in [7, 11) is 0. The molecule has 1 N–H and O–H groups in total. The van der Waals surface area contributed by atoms with Crippen LogP contribution in [0.25, 0.3) is 0 Å². The Bertz CT molecular complexity index is 261. The number of carbonyl (C=O) groups excluding carboxylic acids is 1. The van der Waals surface area contributed by atoms with Gasteiger partial charge in [-0.3, -0.25) is 4.79 Å². The number of nitrogens with one attached hydrogen (secondary N) is 1. The van der Waals surface area contributed by atoms with Gasteiger partial charge in [0.1, 0.15) is 6.10 Å². The van der Waals surface area contributed by atoms with Crippen LogP contribution < -0.4 is 5.32 Å². The first-order valence-corrected chi connectivity index (χ1v) is 6.98. The zero-order chi connectivity index (χ0) is 12.3. The van der Waals surface area contributed by atoms with Crippen molar-refractivity contribution in [2.24, 2.45) is 5.41 Å². The standard InChI is InChI=1S/C14H25NO2/c1-14(2)8-5-12(6-9-14)17-13(16)7-10-15-11-3-4-11/h11-12,15H,3-10H2,1-2H3. The molecule has 2 fully saturated rings. The minimum Gasteiger partial charge on any atom is -0.462 e. The van der Waals surface area contributed by atoms with E-state index in [4.69, 9.17) is 4.74 Å². The number of ether oxygens (including phenoxy) is 1. The summed E-state index contributed by atoms with van der Waals surface area (Å²) < 4.78 is 5.51. The Balaban J connectivity index is 1.58. The van der Waals surface area contributed by atoms with E-state index in [-0.39, 0.29) is 12.1 Å². The SMILES string of the molecule is CC1(C)CCC(OC(=O)CCNC2CC2)CC1. The molecule has 0 aliphatic heterocycles. The van der Waals surface area contributed by atoms with Crippen LogP contribution >= 0.6 is 0 Å². The maximum Gasteiger partial charge on any atom is 0.307 e. The van der Waals surface area contributed by atoms with E-state index in [9.17, 15) is 4.79 Å². The first kappa shape index (κ1) is 12.9. The molecule has 17 heavy (non-hydrogen) atoms. The van der Waals surface area contributed by atoms with Gasteiger partial charge in [-0.25, -0.2) is 0 Å². The van der Waals surface area contributed by atoms with Crippen molar-refractivity contribution in [2.45, 2.75) is 70.9 Å². The fraction of sp³-hybridized carbons (Fsp3) is 0.929. The quantitative estimate of drug-likeness (QED) is 0.750. The van der Waals surface area contributed by atoms with Crippen LogP contribution in [0.5, 0.6) is 0 Å². The molecule has 0 aromatic carbocycles. The highest BCUT2D eigenvalue weighted by atomic mass is 16.5. The van der Waals surface area contributed by atoms with Crippen LogP contribution in [0, 0.1) is 5.41 Å². The Kier molecular flexibility index (Phi) is 4.08. The average molecular weight is 239 g/mol. The van der Waals surface area contributed by atoms with Crippen LogP contribution in [0.3, 0.4) is 0 Å². The van der Waals surface area contributed by atoms with Crippen LogP contribution in [0.15, 0.2) is 0 Å². The van der Waals surface area contributed by atoms with E-state index >= 15 is 0 Å². The maximum absolute atomic E-state index is 11.6. The van der Waals surface area contributed by atoms with Crippen molar-refractivity contribution in [3.8, 4) is 0 Å². The highest BCUT2D eigenvalue weighted by Gasteiger charge is 2.28. The van der Waals surface area contributed by atoms with Gasteiger partial charge < -0.3 is 10.1 Å². The minimum absolute atomic E-state index is 0.0251. The second-order valence-electron chi connectivity index (χ2n) is 6.33. The van der Waals surface area contributed by atoms with Crippen molar-refractivity contribution in [1.82, 2.24) is 5.32 Å². The molecule has 2 aliphatic rings. The fourth-order valence-electron chi connectivity index (χ4n) is 2.40. The molecule has 2 aliphatic carbocycles. The van der Waals surface area contributed by atoms with Gasteiger partial charge in [0.15, 0.2) is 0 Å². The van der Waals surface area contributed by atoms with E-state index in [0.717, 1.165) is 19.4 Å². The molecule has 2 rings (SSSR count). The van der Waals surface area contributed by atoms with Gasteiger partial charge in [-0.2, -0.15) is 0 Å². The summed E-state index contributed by atoms with van der Waals surface area (Å²) >= 11 is 0. The van der Waals surface area contributed by atoms with E-state index in [2.05, 4.69) is 19.2 Å². The summed E-state index contributed by atoms with van der Waals surface area (Å²) in [6, 6.07) is 0.679. The molecule has 98 valence electrons. The third-order valence-corrected chi connectivity index (χ3v) is 3.92. The molecule has 2 saturated carbocycles.